The molecule has 0 saturated carbocycles. The lowest BCUT2D eigenvalue weighted by molar-refractivity contribution is 0.00450. The van der Waals surface area contributed by atoms with Crippen LogP contribution >= 0.6 is 0 Å². The van der Waals surface area contributed by atoms with Gasteiger partial charge >= 0.3 is 0 Å². The highest BCUT2D eigenvalue weighted by Gasteiger charge is 2.30. The smallest absolute Gasteiger partial charge is 0.243 e. The number of benzene rings is 1. The molecule has 1 aliphatic heterocycles. The number of nitrogens with two attached hydrogens (primary N) is 1. The van der Waals surface area contributed by atoms with E-state index in [-0.39, 0.29) is 35.5 Å². The number of sulfonamides is 1. The summed E-state index contributed by atoms with van der Waals surface area (Å²) in [6.45, 7) is 1.00. The van der Waals surface area contributed by atoms with Crippen LogP contribution in [-0.4, -0.2) is 59.7 Å². The minimum Gasteiger partial charge on any atom is -0.374 e. The number of sulfone groups is 1. The molecule has 1 saturated heterocycles. The van der Waals surface area contributed by atoms with Gasteiger partial charge in [-0.15, -0.1) is 0 Å². The van der Waals surface area contributed by atoms with E-state index in [4.69, 9.17) is 10.5 Å². The van der Waals surface area contributed by atoms with Crippen molar-refractivity contribution in [3.05, 3.63) is 24.3 Å². The minimum absolute atomic E-state index is 0.0626. The van der Waals surface area contributed by atoms with Gasteiger partial charge in [0.15, 0.2) is 9.84 Å². The first-order valence-electron chi connectivity index (χ1n) is 6.37. The molecule has 0 radical (unpaired) electrons. The van der Waals surface area contributed by atoms with E-state index < -0.39 is 19.9 Å². The molecule has 0 amide bonds. The number of nitrogens with zero attached hydrogens (tertiary/aromatic N) is 1. The van der Waals surface area contributed by atoms with Crippen LogP contribution in [0.2, 0.25) is 0 Å². The fraction of sp³-hybridized carbons (Fsp3) is 0.500. The summed E-state index contributed by atoms with van der Waals surface area (Å²) < 4.78 is 54.4. The Morgan fingerprint density at radius 3 is 2.29 bits per heavy atom. The lowest BCUT2D eigenvalue weighted by Gasteiger charge is -2.31. The summed E-state index contributed by atoms with van der Waals surface area (Å²) in [5, 5.41) is 0. The number of hydrogen-bond acceptors (Lipinski definition) is 6. The first kappa shape index (κ1) is 16.4. The Morgan fingerprint density at radius 1 is 1.19 bits per heavy atom. The summed E-state index contributed by atoms with van der Waals surface area (Å²) in [5.74, 6) is 0. The topological polar surface area (TPSA) is 107 Å². The molecule has 1 atom stereocenters. The van der Waals surface area contributed by atoms with Crippen LogP contribution in [0.3, 0.4) is 0 Å². The molecule has 1 aromatic carbocycles. The Hall–Kier alpha value is -1.00. The maximum atomic E-state index is 12.5. The van der Waals surface area contributed by atoms with E-state index in [2.05, 4.69) is 0 Å². The zero-order valence-electron chi connectivity index (χ0n) is 11.6. The molecular weight excluding hydrogens is 316 g/mol. The third-order valence-corrected chi connectivity index (χ3v) is 6.26. The molecule has 0 bridgehead atoms. The summed E-state index contributed by atoms with van der Waals surface area (Å²) in [5.41, 5.74) is 5.50. The van der Waals surface area contributed by atoms with Crippen LogP contribution in [0.5, 0.6) is 0 Å². The summed E-state index contributed by atoms with van der Waals surface area (Å²) in [6, 6.07) is 5.20. The first-order chi connectivity index (χ1) is 9.75. The average Bonchev–Trinajstić information content (AvgIpc) is 2.46. The summed E-state index contributed by atoms with van der Waals surface area (Å²) in [6.07, 6.45) is 0.758. The van der Waals surface area contributed by atoms with Crippen molar-refractivity contribution in [1.29, 1.82) is 0 Å². The van der Waals surface area contributed by atoms with Gasteiger partial charge in [0, 0.05) is 25.9 Å². The van der Waals surface area contributed by atoms with Crippen molar-refractivity contribution >= 4 is 19.9 Å². The highest BCUT2D eigenvalue weighted by atomic mass is 32.2. The van der Waals surface area contributed by atoms with Gasteiger partial charge in [-0.2, -0.15) is 4.31 Å². The van der Waals surface area contributed by atoms with Gasteiger partial charge in [0.05, 0.1) is 22.5 Å². The van der Waals surface area contributed by atoms with E-state index in [1.54, 1.807) is 0 Å². The fourth-order valence-corrected chi connectivity index (χ4v) is 4.15. The predicted molar refractivity (Wildman–Crippen MR) is 77.1 cm³/mol. The van der Waals surface area contributed by atoms with Crippen LogP contribution in [0.4, 0.5) is 0 Å². The molecule has 1 fully saturated rings. The maximum absolute atomic E-state index is 12.5. The second kappa shape index (κ2) is 6.01. The molecule has 7 nitrogen and oxygen atoms in total. The van der Waals surface area contributed by atoms with Gasteiger partial charge in [-0.05, 0) is 24.3 Å². The van der Waals surface area contributed by atoms with Crippen LogP contribution in [0.1, 0.15) is 0 Å². The van der Waals surface area contributed by atoms with Crippen molar-refractivity contribution in [3.8, 4) is 0 Å². The zero-order chi connectivity index (χ0) is 15.7. The lowest BCUT2D eigenvalue weighted by Crippen LogP contribution is -2.48. The first-order valence-corrected chi connectivity index (χ1v) is 9.70. The third kappa shape index (κ3) is 3.61. The molecule has 118 valence electrons. The maximum Gasteiger partial charge on any atom is 0.243 e. The molecule has 9 heteroatoms. The van der Waals surface area contributed by atoms with Gasteiger partial charge in [-0.25, -0.2) is 16.8 Å². The third-order valence-electron chi connectivity index (χ3n) is 3.25. The van der Waals surface area contributed by atoms with Gasteiger partial charge in [0.25, 0.3) is 0 Å². The van der Waals surface area contributed by atoms with Crippen molar-refractivity contribution in [1.82, 2.24) is 4.31 Å². The van der Waals surface area contributed by atoms with Crippen LogP contribution in [-0.2, 0) is 24.6 Å². The van der Waals surface area contributed by atoms with Crippen LogP contribution in [0.15, 0.2) is 34.1 Å². The second-order valence-electron chi connectivity index (χ2n) is 4.84. The van der Waals surface area contributed by atoms with E-state index in [0.717, 1.165) is 6.26 Å². The highest BCUT2D eigenvalue weighted by Crippen LogP contribution is 2.20. The van der Waals surface area contributed by atoms with Crippen LogP contribution in [0.25, 0.3) is 0 Å². The molecule has 21 heavy (non-hydrogen) atoms. The van der Waals surface area contributed by atoms with E-state index in [1.165, 1.54) is 28.6 Å². The number of ether oxygens (including phenoxy) is 1. The van der Waals surface area contributed by atoms with Crippen molar-refractivity contribution in [2.45, 2.75) is 15.9 Å². The van der Waals surface area contributed by atoms with Crippen molar-refractivity contribution in [2.24, 2.45) is 5.73 Å². The largest absolute Gasteiger partial charge is 0.374 e. The summed E-state index contributed by atoms with van der Waals surface area (Å²) >= 11 is 0. The van der Waals surface area contributed by atoms with Gasteiger partial charge in [0.1, 0.15) is 0 Å². The highest BCUT2D eigenvalue weighted by molar-refractivity contribution is 7.90. The molecule has 2 rings (SSSR count). The monoisotopic (exact) mass is 334 g/mol. The fourth-order valence-electron chi connectivity index (χ4n) is 2.06. The van der Waals surface area contributed by atoms with E-state index in [1.807, 2.05) is 0 Å². The van der Waals surface area contributed by atoms with Crippen LogP contribution in [0, 0.1) is 0 Å². The van der Waals surface area contributed by atoms with E-state index in [0.29, 0.717) is 6.61 Å². The molecule has 0 aromatic heterocycles. The minimum atomic E-state index is -3.66. The molecule has 1 unspecified atom stereocenters. The van der Waals surface area contributed by atoms with Crippen molar-refractivity contribution in [2.75, 3.05) is 32.5 Å². The molecule has 1 aromatic rings. The number of rotatable bonds is 4. The molecular formula is C12H18N2O5S2. The Balaban J connectivity index is 2.27. The Morgan fingerprint density at radius 2 is 1.76 bits per heavy atom. The Bertz CT molecular complexity index is 698. The lowest BCUT2D eigenvalue weighted by atomic mass is 10.3. The van der Waals surface area contributed by atoms with E-state index >= 15 is 0 Å². The van der Waals surface area contributed by atoms with E-state index in [9.17, 15) is 16.8 Å². The molecule has 1 aliphatic rings. The molecule has 0 aliphatic carbocycles. The zero-order valence-corrected chi connectivity index (χ0v) is 13.2. The standard InChI is InChI=1S/C12H18N2O5S2/c1-20(15,16)11-2-4-12(5-3-11)21(17,18)14-6-7-19-10(8-13)9-14/h2-5,10H,6-9,13H2,1H3. The average molecular weight is 334 g/mol. The number of morpholine rings is 1. The van der Waals surface area contributed by atoms with Gasteiger partial charge in [0.2, 0.25) is 10.0 Å². The molecule has 0 spiro atoms. The van der Waals surface area contributed by atoms with Crippen LogP contribution < -0.4 is 5.73 Å². The normalized spacial score (nSPS) is 21.3. The quantitative estimate of drug-likeness (QED) is 0.791. The molecule has 1 heterocycles. The second-order valence-corrected chi connectivity index (χ2v) is 8.79. The summed E-state index contributed by atoms with van der Waals surface area (Å²) in [4.78, 5) is 0.149. The van der Waals surface area contributed by atoms with Crippen molar-refractivity contribution < 1.29 is 21.6 Å². The molecule has 2 N–H and O–H groups in total. The SMILES string of the molecule is CS(=O)(=O)c1ccc(S(=O)(=O)N2CCOC(CN)C2)cc1. The summed E-state index contributed by atoms with van der Waals surface area (Å²) in [7, 11) is -7.01. The van der Waals surface area contributed by atoms with Crippen molar-refractivity contribution in [3.63, 3.8) is 0 Å². The number of hydrogen-bond donors (Lipinski definition) is 1. The van der Waals surface area contributed by atoms with Gasteiger partial charge in [-0.3, -0.25) is 0 Å². The Kier molecular flexibility index (Phi) is 4.69. The predicted octanol–water partition coefficient (Wildman–Crippen LogP) is -0.562. The van der Waals surface area contributed by atoms with Gasteiger partial charge in [-0.1, -0.05) is 0 Å². The van der Waals surface area contributed by atoms with Gasteiger partial charge < -0.3 is 10.5 Å². The Labute approximate surface area is 124 Å².